The van der Waals surface area contributed by atoms with Gasteiger partial charge in [0.15, 0.2) is 5.16 Å². The van der Waals surface area contributed by atoms with Gasteiger partial charge in [0, 0.05) is 30.1 Å². The zero-order chi connectivity index (χ0) is 18.8. The summed E-state index contributed by atoms with van der Waals surface area (Å²) in [5.41, 5.74) is 2.90. The number of aryl methyl sites for hydroxylation is 1. The number of benzene rings is 2. The fraction of sp³-hybridized carbons (Fsp3) is 0.200. The maximum absolute atomic E-state index is 12.9. The molecular weight excluding hydrogens is 362 g/mol. The molecular formula is C20H19N3O3S. The van der Waals surface area contributed by atoms with Crippen LogP contribution in [0.5, 0.6) is 11.5 Å². The van der Waals surface area contributed by atoms with Gasteiger partial charge in [0.2, 0.25) is 0 Å². The Morgan fingerprint density at radius 1 is 1.19 bits per heavy atom. The summed E-state index contributed by atoms with van der Waals surface area (Å²) in [6.07, 6.45) is 2.04. The van der Waals surface area contributed by atoms with E-state index in [1.165, 1.54) is 7.11 Å². The van der Waals surface area contributed by atoms with Crippen molar-refractivity contribution in [2.75, 3.05) is 25.3 Å². The molecule has 6 nitrogen and oxygen atoms in total. The molecule has 2 aromatic carbocycles. The van der Waals surface area contributed by atoms with E-state index in [4.69, 9.17) is 14.5 Å². The third kappa shape index (κ3) is 3.38. The number of nitrogens with one attached hydrogen (secondary N) is 1. The van der Waals surface area contributed by atoms with E-state index in [0.29, 0.717) is 22.7 Å². The third-order valence-corrected chi connectivity index (χ3v) is 5.38. The minimum atomic E-state index is -0.247. The minimum absolute atomic E-state index is 0.247. The van der Waals surface area contributed by atoms with Crippen molar-refractivity contribution in [2.24, 2.45) is 0 Å². The number of fused-ring (bicyclic) bond motifs is 1. The van der Waals surface area contributed by atoms with Gasteiger partial charge in [-0.3, -0.25) is 4.79 Å². The number of aromatic nitrogens is 2. The molecule has 1 N–H and O–H groups in total. The van der Waals surface area contributed by atoms with Gasteiger partial charge in [-0.05, 0) is 18.2 Å². The lowest BCUT2D eigenvalue weighted by Gasteiger charge is -2.13. The maximum atomic E-state index is 12.9. The first kappa shape index (κ1) is 17.5. The number of anilines is 1. The lowest BCUT2D eigenvalue weighted by molar-refractivity contribution is 0.102. The molecule has 0 bridgehead atoms. The molecule has 0 spiro atoms. The number of thioether (sulfide) groups is 1. The predicted molar refractivity (Wildman–Crippen MR) is 106 cm³/mol. The third-order valence-electron chi connectivity index (χ3n) is 4.41. The lowest BCUT2D eigenvalue weighted by atomic mass is 10.1. The van der Waals surface area contributed by atoms with E-state index in [2.05, 4.69) is 9.88 Å². The van der Waals surface area contributed by atoms with Crippen LogP contribution < -0.4 is 14.8 Å². The molecule has 0 saturated heterocycles. The van der Waals surface area contributed by atoms with E-state index in [1.54, 1.807) is 37.1 Å². The normalized spacial score (nSPS) is 12.5. The molecule has 1 aliphatic heterocycles. The number of nitrogens with zero attached hydrogens (tertiary/aromatic N) is 2. The van der Waals surface area contributed by atoms with Crippen LogP contribution in [0, 0.1) is 0 Å². The number of carbonyl (C=O) groups excluding carboxylic acids is 1. The molecule has 0 unspecified atom stereocenters. The molecule has 2 heterocycles. The summed E-state index contributed by atoms with van der Waals surface area (Å²) < 4.78 is 12.7. The minimum Gasteiger partial charge on any atom is -0.497 e. The van der Waals surface area contributed by atoms with Crippen LogP contribution in [0.1, 0.15) is 10.4 Å². The Kier molecular flexibility index (Phi) is 4.77. The summed E-state index contributed by atoms with van der Waals surface area (Å²) in [6.45, 7) is 0.963. The van der Waals surface area contributed by atoms with Gasteiger partial charge in [-0.15, -0.1) is 0 Å². The van der Waals surface area contributed by atoms with Crippen LogP contribution in [0.4, 0.5) is 5.69 Å². The Bertz CT molecular complexity index is 978. The summed E-state index contributed by atoms with van der Waals surface area (Å²) in [6, 6.07) is 12.8. The molecule has 27 heavy (non-hydrogen) atoms. The number of imidazole rings is 1. The summed E-state index contributed by atoms with van der Waals surface area (Å²) in [4.78, 5) is 17.5. The molecule has 0 radical (unpaired) electrons. The van der Waals surface area contributed by atoms with Gasteiger partial charge in [-0.2, -0.15) is 0 Å². The van der Waals surface area contributed by atoms with E-state index in [0.717, 1.165) is 28.7 Å². The SMILES string of the molecule is COc1ccc(C(=O)Nc2ccccc2-c2cn3c(n2)SCC3)c(OC)c1. The molecule has 7 heteroatoms. The summed E-state index contributed by atoms with van der Waals surface area (Å²) in [5.74, 6) is 1.90. The first-order valence-electron chi connectivity index (χ1n) is 8.52. The van der Waals surface area contributed by atoms with Crippen LogP contribution in [0.3, 0.4) is 0 Å². The van der Waals surface area contributed by atoms with Gasteiger partial charge in [-0.25, -0.2) is 4.98 Å². The summed E-state index contributed by atoms with van der Waals surface area (Å²) in [7, 11) is 3.11. The van der Waals surface area contributed by atoms with E-state index in [-0.39, 0.29) is 5.91 Å². The number of para-hydroxylation sites is 1. The van der Waals surface area contributed by atoms with Crippen molar-refractivity contribution in [3.8, 4) is 22.8 Å². The molecule has 1 aromatic heterocycles. The van der Waals surface area contributed by atoms with Gasteiger partial charge in [-0.1, -0.05) is 30.0 Å². The Morgan fingerprint density at radius 2 is 2.04 bits per heavy atom. The Morgan fingerprint density at radius 3 is 2.81 bits per heavy atom. The smallest absolute Gasteiger partial charge is 0.259 e. The largest absolute Gasteiger partial charge is 0.497 e. The van der Waals surface area contributed by atoms with Gasteiger partial charge >= 0.3 is 0 Å². The van der Waals surface area contributed by atoms with Crippen LogP contribution in [0.15, 0.2) is 53.8 Å². The van der Waals surface area contributed by atoms with Crippen LogP contribution in [-0.2, 0) is 6.54 Å². The highest BCUT2D eigenvalue weighted by Gasteiger charge is 2.19. The highest BCUT2D eigenvalue weighted by atomic mass is 32.2. The Labute approximate surface area is 161 Å². The summed E-state index contributed by atoms with van der Waals surface area (Å²) >= 11 is 1.74. The highest BCUT2D eigenvalue weighted by Crippen LogP contribution is 2.33. The number of hydrogen-bond acceptors (Lipinski definition) is 5. The van der Waals surface area contributed by atoms with Crippen molar-refractivity contribution in [3.63, 3.8) is 0 Å². The molecule has 0 aliphatic carbocycles. The molecule has 4 rings (SSSR count). The molecule has 0 saturated carbocycles. The highest BCUT2D eigenvalue weighted by molar-refractivity contribution is 7.99. The lowest BCUT2D eigenvalue weighted by Crippen LogP contribution is -2.14. The number of rotatable bonds is 5. The van der Waals surface area contributed by atoms with E-state index >= 15 is 0 Å². The van der Waals surface area contributed by atoms with Gasteiger partial charge in [0.25, 0.3) is 5.91 Å². The van der Waals surface area contributed by atoms with E-state index < -0.39 is 0 Å². The average molecular weight is 381 g/mol. The van der Waals surface area contributed by atoms with Crippen molar-refractivity contribution in [2.45, 2.75) is 11.7 Å². The van der Waals surface area contributed by atoms with Crippen molar-refractivity contribution >= 4 is 23.4 Å². The predicted octanol–water partition coefficient (Wildman–Crippen LogP) is 3.93. The topological polar surface area (TPSA) is 65.4 Å². The second-order valence-electron chi connectivity index (χ2n) is 6.02. The first-order valence-corrected chi connectivity index (χ1v) is 9.51. The number of ether oxygens (including phenoxy) is 2. The zero-order valence-corrected chi connectivity index (χ0v) is 15.9. The molecule has 0 fully saturated rings. The van der Waals surface area contributed by atoms with Crippen molar-refractivity contribution in [1.29, 1.82) is 0 Å². The van der Waals surface area contributed by atoms with Gasteiger partial charge in [0.1, 0.15) is 11.5 Å². The van der Waals surface area contributed by atoms with E-state index in [9.17, 15) is 4.79 Å². The van der Waals surface area contributed by atoms with Crippen LogP contribution in [-0.4, -0.2) is 35.4 Å². The fourth-order valence-electron chi connectivity index (χ4n) is 3.03. The van der Waals surface area contributed by atoms with Crippen molar-refractivity contribution in [3.05, 3.63) is 54.2 Å². The second-order valence-corrected chi connectivity index (χ2v) is 7.08. The van der Waals surface area contributed by atoms with E-state index in [1.807, 2.05) is 30.5 Å². The molecule has 138 valence electrons. The maximum Gasteiger partial charge on any atom is 0.259 e. The molecule has 1 aliphatic rings. The molecule has 3 aromatic rings. The van der Waals surface area contributed by atoms with Gasteiger partial charge < -0.3 is 19.4 Å². The van der Waals surface area contributed by atoms with Crippen LogP contribution in [0.2, 0.25) is 0 Å². The number of methoxy groups -OCH3 is 2. The number of hydrogen-bond donors (Lipinski definition) is 1. The molecule has 1 amide bonds. The summed E-state index contributed by atoms with van der Waals surface area (Å²) in [5, 5.41) is 4.00. The Hall–Kier alpha value is -2.93. The van der Waals surface area contributed by atoms with Crippen LogP contribution >= 0.6 is 11.8 Å². The monoisotopic (exact) mass is 381 g/mol. The van der Waals surface area contributed by atoms with Crippen molar-refractivity contribution < 1.29 is 14.3 Å². The van der Waals surface area contributed by atoms with Crippen LogP contribution in [0.25, 0.3) is 11.3 Å². The molecule has 0 atom stereocenters. The second kappa shape index (κ2) is 7.36. The first-order chi connectivity index (χ1) is 13.2. The van der Waals surface area contributed by atoms with Crippen molar-refractivity contribution in [1.82, 2.24) is 9.55 Å². The quantitative estimate of drug-likeness (QED) is 0.726. The average Bonchev–Trinajstić information content (AvgIpc) is 3.30. The standard InChI is InChI=1S/C20H19N3O3S/c1-25-13-7-8-15(18(11-13)26-2)19(24)21-16-6-4-3-5-14(16)17-12-23-9-10-27-20(23)22-17/h3-8,11-12H,9-10H2,1-2H3,(H,21,24). The van der Waals surface area contributed by atoms with Gasteiger partial charge in [0.05, 0.1) is 31.2 Å². The Balaban J connectivity index is 1.64. The number of carbonyl (C=O) groups is 1. The number of amides is 1. The zero-order valence-electron chi connectivity index (χ0n) is 15.1. The fourth-order valence-corrected chi connectivity index (χ4v) is 3.97.